The second kappa shape index (κ2) is 45.6. The Morgan fingerprint density at radius 1 is 0.222 bits per heavy atom. The summed E-state index contributed by atoms with van der Waals surface area (Å²) >= 11 is 0. The van der Waals surface area contributed by atoms with Gasteiger partial charge >= 0.3 is 0 Å². The molecule has 0 spiro atoms. The Balaban J connectivity index is 6.41. The summed E-state index contributed by atoms with van der Waals surface area (Å²) in [5.41, 5.74) is 0.472. The van der Waals surface area contributed by atoms with E-state index in [0.717, 1.165) is 20.0 Å². The molecule has 0 aromatic carbocycles. The fourth-order valence-corrected chi connectivity index (χ4v) is 9.99. The van der Waals surface area contributed by atoms with Gasteiger partial charge in [-0.2, -0.15) is 0 Å². The van der Waals surface area contributed by atoms with E-state index in [1.165, 1.54) is 283 Å². The van der Waals surface area contributed by atoms with Crippen molar-refractivity contribution < 1.29 is 0 Å². The van der Waals surface area contributed by atoms with E-state index >= 15 is 0 Å². The predicted molar refractivity (Wildman–Crippen MR) is 288 cm³/mol. The van der Waals surface area contributed by atoms with Gasteiger partial charge in [0.15, 0.2) is 0 Å². The molecule has 0 bridgehead atoms. The van der Waals surface area contributed by atoms with Crippen molar-refractivity contribution in [2.24, 2.45) is 0 Å². The molecule has 0 heterocycles. The number of unbranched alkanes of at least 4 members (excludes halogenated alkanes) is 32. The smallest absolute Gasteiger partial charge is 0.0529 e. The van der Waals surface area contributed by atoms with Crippen molar-refractivity contribution in [3.8, 4) is 0 Å². The third-order valence-electron chi connectivity index (χ3n) is 14.9. The highest BCUT2D eigenvalue weighted by atomic mass is 15.4. The molecule has 63 heavy (non-hydrogen) atoms. The molecule has 0 aliphatic rings. The third kappa shape index (κ3) is 38.5. The molecule has 0 saturated carbocycles. The molecule has 0 fully saturated rings. The van der Waals surface area contributed by atoms with Crippen LogP contribution in [0.15, 0.2) is 0 Å². The summed E-state index contributed by atoms with van der Waals surface area (Å²) < 4.78 is 0. The van der Waals surface area contributed by atoms with Gasteiger partial charge in [-0.25, -0.2) is 0 Å². The first-order chi connectivity index (χ1) is 30.6. The van der Waals surface area contributed by atoms with Gasteiger partial charge in [-0.3, -0.25) is 19.6 Å². The van der Waals surface area contributed by atoms with Crippen LogP contribution in [-0.2, 0) is 0 Å². The normalized spacial score (nSPS) is 12.7. The molecule has 0 aromatic rings. The van der Waals surface area contributed by atoms with Crippen molar-refractivity contribution in [1.29, 1.82) is 0 Å². The van der Waals surface area contributed by atoms with Crippen LogP contribution in [0.5, 0.6) is 0 Å². The van der Waals surface area contributed by atoms with Crippen LogP contribution in [0.2, 0.25) is 0 Å². The molecular formula is C59H124N4. The van der Waals surface area contributed by atoms with Gasteiger partial charge in [0.25, 0.3) is 0 Å². The van der Waals surface area contributed by atoms with Crippen LogP contribution in [0.3, 0.4) is 0 Å². The quantitative estimate of drug-likeness (QED) is 0.0446. The molecule has 0 N–H and O–H groups in total. The third-order valence-corrected chi connectivity index (χ3v) is 14.9. The van der Waals surface area contributed by atoms with Crippen molar-refractivity contribution in [2.75, 3.05) is 46.2 Å². The maximum absolute atomic E-state index is 2.98. The van der Waals surface area contributed by atoms with Gasteiger partial charge in [-0.1, -0.05) is 260 Å². The summed E-state index contributed by atoms with van der Waals surface area (Å²) in [6.45, 7) is 32.9. The first kappa shape index (κ1) is 62.8. The average molecular weight is 890 g/mol. The van der Waals surface area contributed by atoms with E-state index in [2.05, 4.69) is 88.8 Å². The minimum Gasteiger partial charge on any atom is -0.285 e. The van der Waals surface area contributed by atoms with Crippen LogP contribution < -0.4 is 0 Å². The van der Waals surface area contributed by atoms with Gasteiger partial charge in [0.05, 0.1) is 20.0 Å². The Morgan fingerprint density at radius 2 is 0.444 bits per heavy atom. The van der Waals surface area contributed by atoms with E-state index in [0.29, 0.717) is 0 Å². The number of hydrogen-bond acceptors (Lipinski definition) is 4. The Hall–Kier alpha value is -0.160. The molecule has 0 atom stereocenters. The fourth-order valence-electron chi connectivity index (χ4n) is 9.99. The molecule has 0 aliphatic carbocycles. The van der Waals surface area contributed by atoms with Gasteiger partial charge < -0.3 is 0 Å². The van der Waals surface area contributed by atoms with Crippen LogP contribution in [-0.4, -0.2) is 76.9 Å². The van der Waals surface area contributed by atoms with Gasteiger partial charge in [-0.15, -0.1) is 0 Å². The molecule has 4 nitrogen and oxygen atoms in total. The average Bonchev–Trinajstić information content (AvgIpc) is 3.26. The largest absolute Gasteiger partial charge is 0.285 e. The lowest BCUT2D eigenvalue weighted by atomic mass is 9.94. The van der Waals surface area contributed by atoms with Crippen LogP contribution in [0.25, 0.3) is 0 Å². The van der Waals surface area contributed by atoms with E-state index in [-0.39, 0.29) is 11.1 Å². The molecule has 0 aromatic heterocycles. The van der Waals surface area contributed by atoms with Gasteiger partial charge in [0.2, 0.25) is 0 Å². The van der Waals surface area contributed by atoms with Crippen molar-refractivity contribution >= 4 is 0 Å². The van der Waals surface area contributed by atoms with Gasteiger partial charge in [-0.05, 0) is 79.3 Å². The first-order valence-electron chi connectivity index (χ1n) is 29.6. The summed E-state index contributed by atoms with van der Waals surface area (Å²) in [4.78, 5) is 11.9. The van der Waals surface area contributed by atoms with Crippen molar-refractivity contribution in [1.82, 2.24) is 19.6 Å². The Labute approximate surface area is 401 Å². The van der Waals surface area contributed by atoms with Crippen molar-refractivity contribution in [2.45, 2.75) is 337 Å². The Bertz CT molecular complexity index is 887. The minimum atomic E-state index is 0.236. The minimum absolute atomic E-state index is 0.236. The summed E-state index contributed by atoms with van der Waals surface area (Å²) in [6.07, 6.45) is 55.7. The van der Waals surface area contributed by atoms with Crippen molar-refractivity contribution in [3.63, 3.8) is 0 Å². The highest BCUT2D eigenvalue weighted by Gasteiger charge is 2.30. The Kier molecular flexibility index (Phi) is 45.5. The van der Waals surface area contributed by atoms with Crippen LogP contribution >= 0.6 is 0 Å². The summed E-state index contributed by atoms with van der Waals surface area (Å²) in [5, 5.41) is 0. The maximum atomic E-state index is 2.98. The lowest BCUT2D eigenvalue weighted by molar-refractivity contribution is -0.0200. The van der Waals surface area contributed by atoms with Gasteiger partial charge in [0, 0.05) is 24.2 Å². The lowest BCUT2D eigenvalue weighted by Crippen LogP contribution is -2.55. The first-order valence-corrected chi connectivity index (χ1v) is 29.6. The van der Waals surface area contributed by atoms with Crippen LogP contribution in [0.1, 0.15) is 326 Å². The maximum Gasteiger partial charge on any atom is 0.0529 e. The highest BCUT2D eigenvalue weighted by Crippen LogP contribution is 2.27. The molecular weight excluding hydrogens is 765 g/mol. The number of rotatable bonds is 52. The predicted octanol–water partition coefficient (Wildman–Crippen LogP) is 19.3. The van der Waals surface area contributed by atoms with Crippen molar-refractivity contribution in [3.05, 3.63) is 0 Å². The van der Waals surface area contributed by atoms with Crippen LogP contribution in [0.4, 0.5) is 0 Å². The highest BCUT2D eigenvalue weighted by molar-refractivity contribution is 4.84. The zero-order valence-corrected chi connectivity index (χ0v) is 46.0. The number of hydrogen-bond donors (Lipinski definition) is 0. The molecule has 0 radical (unpaired) electrons. The zero-order chi connectivity index (χ0) is 46.5. The summed E-state index contributed by atoms with van der Waals surface area (Å²) in [5.74, 6) is 0. The Morgan fingerprint density at radius 3 is 0.730 bits per heavy atom. The standard InChI is InChI=1S/C59H124N4/c1-11-17-23-28-32-36-40-45-51-60(56-62(58(7,8)49-22-16-6)53-47-42-38-34-30-25-19-13-3)55-61(52-46-41-37-33-29-24-18-12-2)57-63(59(9,10)50-44-27-21-15-5)54-48-43-39-35-31-26-20-14-4/h11-57H2,1-10H3. The lowest BCUT2D eigenvalue weighted by Gasteiger charge is -2.45. The molecule has 0 amide bonds. The molecule has 0 unspecified atom stereocenters. The molecule has 380 valence electrons. The summed E-state index contributed by atoms with van der Waals surface area (Å²) in [6, 6.07) is 0. The summed E-state index contributed by atoms with van der Waals surface area (Å²) in [7, 11) is 0. The van der Waals surface area contributed by atoms with E-state index in [1.54, 1.807) is 0 Å². The van der Waals surface area contributed by atoms with E-state index in [1.807, 2.05) is 0 Å². The number of nitrogens with zero attached hydrogens (tertiary/aromatic N) is 4. The molecule has 0 saturated heterocycles. The monoisotopic (exact) mass is 889 g/mol. The van der Waals surface area contributed by atoms with E-state index in [9.17, 15) is 0 Å². The van der Waals surface area contributed by atoms with E-state index < -0.39 is 0 Å². The molecule has 0 aliphatic heterocycles. The van der Waals surface area contributed by atoms with Gasteiger partial charge in [0.1, 0.15) is 0 Å². The SMILES string of the molecule is CCCCCCCCCCN(CN(CCCCCCCCCC)CN(CCCCCCCCCC)C(C)(C)CCCCCC)CN(CCCCCCCCCC)C(C)(C)CCCC. The second-order valence-corrected chi connectivity index (χ2v) is 22.2. The fraction of sp³-hybridized carbons (Fsp3) is 1.00. The topological polar surface area (TPSA) is 13.0 Å². The zero-order valence-electron chi connectivity index (χ0n) is 46.0. The van der Waals surface area contributed by atoms with E-state index in [4.69, 9.17) is 0 Å². The van der Waals surface area contributed by atoms with Crippen LogP contribution in [0, 0.1) is 0 Å². The molecule has 4 heteroatoms. The second-order valence-electron chi connectivity index (χ2n) is 22.2. The molecule has 0 rings (SSSR count).